The molecule has 2 saturated carbocycles. The second kappa shape index (κ2) is 14.9. The van der Waals surface area contributed by atoms with Crippen molar-refractivity contribution in [1.29, 1.82) is 0 Å². The number of phenolic OH excluding ortho intramolecular Hbond substituents is 3. The average molecular weight is 836 g/mol. The number of ether oxygens (including phenoxy) is 3. The minimum Gasteiger partial charge on any atom is -0.508 e. The van der Waals surface area contributed by atoms with E-state index in [1.807, 2.05) is 6.07 Å². The molecule has 1 aliphatic heterocycles. The van der Waals surface area contributed by atoms with Crippen molar-refractivity contribution < 1.29 is 59.2 Å². The lowest BCUT2D eigenvalue weighted by molar-refractivity contribution is -0.249. The molecule has 1 heterocycles. The van der Waals surface area contributed by atoms with Crippen molar-refractivity contribution in [3.8, 4) is 34.8 Å². The summed E-state index contributed by atoms with van der Waals surface area (Å²) in [6, 6.07) is 9.59. The first-order valence-electron chi connectivity index (χ1n) is 21.4. The highest BCUT2D eigenvalue weighted by Gasteiger charge is 2.61. The maximum atomic E-state index is 14.0. The minimum absolute atomic E-state index is 0.0275. The first kappa shape index (κ1) is 41.5. The molecule has 6 aliphatic rings. The Morgan fingerprint density at radius 2 is 1.77 bits per heavy atom. The fourth-order valence-corrected chi connectivity index (χ4v) is 12.0. The van der Waals surface area contributed by atoms with Crippen LogP contribution in [-0.4, -0.2) is 97.4 Å². The lowest BCUT2D eigenvalue weighted by atomic mass is 9.53. The van der Waals surface area contributed by atoms with Crippen LogP contribution in [0.4, 0.5) is 0 Å². The van der Waals surface area contributed by atoms with Gasteiger partial charge in [-0.15, -0.1) is 0 Å². The quantitative estimate of drug-likeness (QED) is 0.104. The van der Waals surface area contributed by atoms with E-state index in [-0.39, 0.29) is 52.8 Å². The van der Waals surface area contributed by atoms with Gasteiger partial charge in [0.25, 0.3) is 0 Å². The molecule has 322 valence electrons. The van der Waals surface area contributed by atoms with E-state index in [0.717, 1.165) is 32.1 Å². The highest BCUT2D eigenvalue weighted by Crippen LogP contribution is 2.64. The van der Waals surface area contributed by atoms with Crippen LogP contribution in [0.3, 0.4) is 0 Å². The number of aliphatic hydroxyl groups is 3. The Morgan fingerprint density at radius 1 is 1.00 bits per heavy atom. The zero-order valence-electron chi connectivity index (χ0n) is 34.8. The van der Waals surface area contributed by atoms with Gasteiger partial charge in [-0.3, -0.25) is 14.4 Å². The summed E-state index contributed by atoms with van der Waals surface area (Å²) in [6.07, 6.45) is 0.298. The van der Waals surface area contributed by atoms with E-state index in [9.17, 15) is 45.0 Å². The van der Waals surface area contributed by atoms with Gasteiger partial charge >= 0.3 is 0 Å². The van der Waals surface area contributed by atoms with Crippen molar-refractivity contribution in [3.05, 3.63) is 80.9 Å². The predicted molar refractivity (Wildman–Crippen MR) is 220 cm³/mol. The molecule has 13 heteroatoms. The van der Waals surface area contributed by atoms with Crippen LogP contribution in [-0.2, 0) is 27.1 Å². The SMILES string of the molecule is COc1cccc2c1C(=O)c1c(O)c3c(c(O)c1C2=O)C[C@@](O)(C(C)=O)C[C@@H]3O[C@H]1C[C@H](NCC#C[C@]2(O)CCC3C4CCc5cc(O)ccc5C4CC[C@@]32C)[C@H](O)[C@H](C)O1. The molecule has 0 bridgehead atoms. The molecule has 0 aromatic heterocycles. The summed E-state index contributed by atoms with van der Waals surface area (Å²) in [5.41, 5.74) is -2.21. The van der Waals surface area contributed by atoms with E-state index in [1.54, 1.807) is 13.0 Å². The fourth-order valence-electron chi connectivity index (χ4n) is 12.0. The monoisotopic (exact) mass is 835 g/mol. The van der Waals surface area contributed by atoms with E-state index in [1.165, 1.54) is 43.4 Å². The van der Waals surface area contributed by atoms with Gasteiger partial charge in [-0.2, -0.15) is 0 Å². The van der Waals surface area contributed by atoms with Gasteiger partial charge in [0.2, 0.25) is 5.78 Å². The van der Waals surface area contributed by atoms with Gasteiger partial charge in [-0.1, -0.05) is 37.0 Å². The number of fused-ring (bicyclic) bond motifs is 8. The number of ketones is 3. The maximum absolute atomic E-state index is 14.0. The summed E-state index contributed by atoms with van der Waals surface area (Å²) in [5, 5.41) is 71.9. The Morgan fingerprint density at radius 3 is 2.52 bits per heavy atom. The molecule has 3 unspecified atom stereocenters. The highest BCUT2D eigenvalue weighted by atomic mass is 16.7. The zero-order valence-corrected chi connectivity index (χ0v) is 34.8. The molecule has 13 nitrogen and oxygen atoms in total. The largest absolute Gasteiger partial charge is 0.508 e. The molecule has 3 aromatic carbocycles. The predicted octanol–water partition coefficient (Wildman–Crippen LogP) is 4.66. The number of carbonyl (C=O) groups excluding carboxylic acids is 3. The molecule has 0 amide bonds. The number of aliphatic hydroxyl groups excluding tert-OH is 1. The van der Waals surface area contributed by atoms with Gasteiger partial charge in [-0.05, 0) is 99.5 Å². The van der Waals surface area contributed by atoms with E-state index in [2.05, 4.69) is 30.1 Å². The van der Waals surface area contributed by atoms with Crippen LogP contribution in [0.2, 0.25) is 0 Å². The van der Waals surface area contributed by atoms with Crippen LogP contribution in [0.5, 0.6) is 23.0 Å². The van der Waals surface area contributed by atoms with Crippen molar-refractivity contribution >= 4 is 17.3 Å². The molecule has 3 fully saturated rings. The van der Waals surface area contributed by atoms with E-state index >= 15 is 0 Å². The smallest absolute Gasteiger partial charge is 0.202 e. The molecular formula is C48H53NO12. The molecular weight excluding hydrogens is 783 g/mol. The molecule has 5 aliphatic carbocycles. The first-order chi connectivity index (χ1) is 29.0. The summed E-state index contributed by atoms with van der Waals surface area (Å²) < 4.78 is 17.9. The van der Waals surface area contributed by atoms with Crippen LogP contribution in [0.25, 0.3) is 0 Å². The van der Waals surface area contributed by atoms with Crippen LogP contribution >= 0.6 is 0 Å². The summed E-state index contributed by atoms with van der Waals surface area (Å²) in [7, 11) is 1.35. The van der Waals surface area contributed by atoms with E-state index < -0.39 is 88.2 Å². The normalized spacial score (nSPS) is 34.7. The topological polar surface area (TPSA) is 212 Å². The van der Waals surface area contributed by atoms with Gasteiger partial charge in [0.15, 0.2) is 17.9 Å². The van der Waals surface area contributed by atoms with Crippen molar-refractivity contribution in [2.24, 2.45) is 17.3 Å². The van der Waals surface area contributed by atoms with Crippen LogP contribution in [0, 0.1) is 29.1 Å². The third kappa shape index (κ3) is 6.40. The number of aromatic hydroxyl groups is 3. The second-order valence-electron chi connectivity index (χ2n) is 18.4. The number of aryl methyl sites for hydroxylation is 1. The standard InChI is InChI=1S/C48H53NO12/c1-23-41(52)33(49-18-6-15-48(58)17-14-32-29-11-9-25-19-26(51)10-12-27(25)28(29)13-16-46(32,48)3)20-36(60-23)61-35-22-47(57,24(2)50)21-31-38(35)45(56)40-39(43(31)54)42(53)30-7-5-8-34(59-4)37(30)44(40)55/h5,7-8,10,12,19,23,28-29,32-33,35-36,41,49,51-52,54,56-58H,9,11,13-14,16-18,20-22H2,1-4H3/t23-,28?,29?,32?,33-,35-,36-,41+,46-,47-,48-/m0/s1. The zero-order chi connectivity index (χ0) is 43.3. The molecule has 61 heavy (non-hydrogen) atoms. The van der Waals surface area contributed by atoms with Gasteiger partial charge in [0.1, 0.15) is 34.2 Å². The number of nitrogens with one attached hydrogen (secondary N) is 1. The fraction of sp³-hybridized carbons (Fsp3) is 0.521. The molecule has 0 spiro atoms. The van der Waals surface area contributed by atoms with E-state index in [0.29, 0.717) is 29.9 Å². The van der Waals surface area contributed by atoms with Crippen molar-refractivity contribution in [3.63, 3.8) is 0 Å². The first-order valence-corrected chi connectivity index (χ1v) is 21.4. The summed E-state index contributed by atoms with van der Waals surface area (Å²) in [5.74, 6) is 4.59. The number of benzene rings is 3. The van der Waals surface area contributed by atoms with Crippen LogP contribution in [0.1, 0.15) is 132 Å². The van der Waals surface area contributed by atoms with Gasteiger partial charge in [-0.25, -0.2) is 0 Å². The lowest BCUT2D eigenvalue weighted by Crippen LogP contribution is -2.54. The van der Waals surface area contributed by atoms with Gasteiger partial charge in [0.05, 0.1) is 48.7 Å². The highest BCUT2D eigenvalue weighted by molar-refractivity contribution is 6.31. The van der Waals surface area contributed by atoms with Gasteiger partial charge < -0.3 is 50.2 Å². The third-order valence-corrected chi connectivity index (χ3v) is 15.4. The summed E-state index contributed by atoms with van der Waals surface area (Å²) in [6.45, 7) is 5.18. The molecule has 3 aromatic rings. The molecule has 7 N–H and O–H groups in total. The second-order valence-corrected chi connectivity index (χ2v) is 18.4. The molecule has 0 radical (unpaired) electrons. The third-order valence-electron chi connectivity index (χ3n) is 15.4. The Bertz CT molecular complexity index is 2420. The summed E-state index contributed by atoms with van der Waals surface area (Å²) >= 11 is 0. The van der Waals surface area contributed by atoms with E-state index in [4.69, 9.17) is 14.2 Å². The number of Topliss-reactive ketones (excluding diaryl/α,β-unsaturated/α-hetero) is 1. The molecule has 9 rings (SSSR count). The van der Waals surface area contributed by atoms with Crippen LogP contribution in [0.15, 0.2) is 36.4 Å². The van der Waals surface area contributed by atoms with Crippen molar-refractivity contribution in [1.82, 2.24) is 5.32 Å². The number of rotatable bonds is 6. The average Bonchev–Trinajstić information content (AvgIpc) is 3.50. The minimum atomic E-state index is -2.06. The number of methoxy groups -OCH3 is 1. The number of phenols is 3. The summed E-state index contributed by atoms with van der Waals surface area (Å²) in [4.78, 5) is 40.8. The lowest BCUT2D eigenvalue weighted by Gasteiger charge is -2.52. The Balaban J connectivity index is 0.939. The molecule has 11 atom stereocenters. The van der Waals surface area contributed by atoms with Crippen molar-refractivity contribution in [2.45, 2.75) is 126 Å². The van der Waals surface area contributed by atoms with Crippen molar-refractivity contribution in [2.75, 3.05) is 13.7 Å². The Hall–Kier alpha value is -4.81. The Kier molecular flexibility index (Phi) is 10.2. The number of hydrogen-bond donors (Lipinski definition) is 7. The number of carbonyl (C=O) groups is 3. The van der Waals surface area contributed by atoms with Gasteiger partial charge in [0, 0.05) is 47.4 Å². The Labute approximate surface area is 354 Å². The number of hydrogen-bond acceptors (Lipinski definition) is 13. The molecule has 1 saturated heterocycles. The van der Waals surface area contributed by atoms with Crippen LogP contribution < -0.4 is 10.1 Å². The maximum Gasteiger partial charge on any atom is 0.202 e.